The van der Waals surface area contributed by atoms with Crippen molar-refractivity contribution in [3.8, 4) is 0 Å². The van der Waals surface area contributed by atoms with Crippen LogP contribution in [-0.2, 0) is 5.45 Å². The Morgan fingerprint density at radius 2 is 2.00 bits per heavy atom. The molecule has 1 aromatic heterocycles. The van der Waals surface area contributed by atoms with E-state index in [1.165, 1.54) is 0 Å². The van der Waals surface area contributed by atoms with Crippen LogP contribution >= 0.6 is 15.9 Å². The number of para-hydroxylation sites is 2. The van der Waals surface area contributed by atoms with Gasteiger partial charge in [-0.2, -0.15) is 0 Å². The zero-order valence-corrected chi connectivity index (χ0v) is 9.99. The minimum atomic E-state index is -0.0550. The maximum atomic E-state index is 12.0. The molecule has 0 atom stereocenters. The van der Waals surface area contributed by atoms with Gasteiger partial charge >= 0.3 is 5.69 Å². The molecular formula is C11H11BrN2O. The van der Waals surface area contributed by atoms with Crippen LogP contribution in [0.5, 0.6) is 0 Å². The highest BCUT2D eigenvalue weighted by molar-refractivity contribution is 9.08. The van der Waals surface area contributed by atoms with Gasteiger partial charge in [-0.1, -0.05) is 34.6 Å². The van der Waals surface area contributed by atoms with Crippen molar-refractivity contribution in [1.29, 1.82) is 0 Å². The quantitative estimate of drug-likeness (QED) is 0.768. The number of rotatable bonds is 2. The van der Waals surface area contributed by atoms with Crippen molar-refractivity contribution in [2.45, 2.75) is 12.4 Å². The molecule has 0 aliphatic rings. The second-order valence-electron chi connectivity index (χ2n) is 3.39. The first-order valence-corrected chi connectivity index (χ1v) is 5.71. The first-order valence-electron chi connectivity index (χ1n) is 4.59. The highest BCUT2D eigenvalue weighted by atomic mass is 79.9. The van der Waals surface area contributed by atoms with E-state index in [9.17, 15) is 4.79 Å². The van der Waals surface area contributed by atoms with Crippen LogP contribution < -0.4 is 5.69 Å². The summed E-state index contributed by atoms with van der Waals surface area (Å²) in [4.78, 5) is 12.0. The molecule has 2 rings (SSSR count). The minimum absolute atomic E-state index is 0.0550. The summed E-state index contributed by atoms with van der Waals surface area (Å²) in [6.07, 6.45) is 0. The van der Waals surface area contributed by atoms with E-state index in [1.54, 1.807) is 9.13 Å². The van der Waals surface area contributed by atoms with E-state index in [2.05, 4.69) is 22.5 Å². The summed E-state index contributed by atoms with van der Waals surface area (Å²) >= 11 is 3.31. The van der Waals surface area contributed by atoms with E-state index >= 15 is 0 Å². The van der Waals surface area contributed by atoms with Crippen LogP contribution in [0.15, 0.2) is 35.6 Å². The van der Waals surface area contributed by atoms with Crippen LogP contribution in [0.4, 0.5) is 0 Å². The molecule has 0 saturated carbocycles. The Hall–Kier alpha value is -1.29. The van der Waals surface area contributed by atoms with Crippen molar-refractivity contribution in [3.05, 3.63) is 41.3 Å². The number of imidazole rings is 1. The van der Waals surface area contributed by atoms with Crippen molar-refractivity contribution in [3.63, 3.8) is 0 Å². The standard InChI is InChI=1S/C11H11BrN2O/c1-8(2)14-10-6-4-3-5-9(10)13(7-12)11(14)15/h3-6H,1,7H2,2H3. The van der Waals surface area contributed by atoms with Gasteiger partial charge in [0.05, 0.1) is 16.5 Å². The first kappa shape index (κ1) is 10.2. The van der Waals surface area contributed by atoms with Gasteiger partial charge in [0, 0.05) is 5.70 Å². The molecule has 3 nitrogen and oxygen atoms in total. The van der Waals surface area contributed by atoms with Gasteiger partial charge in [0.2, 0.25) is 0 Å². The number of halogens is 1. The molecule has 0 amide bonds. The minimum Gasteiger partial charge on any atom is -0.281 e. The van der Waals surface area contributed by atoms with E-state index in [-0.39, 0.29) is 5.69 Å². The molecule has 0 saturated heterocycles. The van der Waals surface area contributed by atoms with Gasteiger partial charge in [-0.15, -0.1) is 0 Å². The lowest BCUT2D eigenvalue weighted by molar-refractivity contribution is 0.844. The van der Waals surface area contributed by atoms with Crippen molar-refractivity contribution in [1.82, 2.24) is 9.13 Å². The van der Waals surface area contributed by atoms with Gasteiger partial charge in [0.15, 0.2) is 0 Å². The average molecular weight is 267 g/mol. The Bertz CT molecular complexity index is 580. The summed E-state index contributed by atoms with van der Waals surface area (Å²) in [6.45, 7) is 5.64. The van der Waals surface area contributed by atoms with Gasteiger partial charge < -0.3 is 0 Å². The summed E-state index contributed by atoms with van der Waals surface area (Å²) < 4.78 is 3.29. The van der Waals surface area contributed by atoms with Crippen molar-refractivity contribution >= 4 is 32.7 Å². The molecule has 1 heterocycles. The predicted octanol–water partition coefficient (Wildman–Crippen LogP) is 2.65. The molecule has 4 heteroatoms. The number of benzene rings is 1. The summed E-state index contributed by atoms with van der Waals surface area (Å²) in [7, 11) is 0. The number of hydrogen-bond acceptors (Lipinski definition) is 1. The van der Waals surface area contributed by atoms with E-state index in [0.29, 0.717) is 5.45 Å². The number of alkyl halides is 1. The topological polar surface area (TPSA) is 26.9 Å². The largest absolute Gasteiger partial charge is 0.334 e. The molecular weight excluding hydrogens is 256 g/mol. The molecule has 0 aliphatic carbocycles. The van der Waals surface area contributed by atoms with Crippen molar-refractivity contribution in [2.75, 3.05) is 0 Å². The smallest absolute Gasteiger partial charge is 0.281 e. The van der Waals surface area contributed by atoms with Gasteiger partial charge in [-0.05, 0) is 19.1 Å². The highest BCUT2D eigenvalue weighted by Gasteiger charge is 2.11. The number of aromatic nitrogens is 2. The Balaban J connectivity index is 2.98. The predicted molar refractivity (Wildman–Crippen MR) is 66.1 cm³/mol. The summed E-state index contributed by atoms with van der Waals surface area (Å²) in [5.74, 6) is 0. The third-order valence-corrected chi connectivity index (χ3v) is 2.84. The highest BCUT2D eigenvalue weighted by Crippen LogP contribution is 2.16. The molecule has 15 heavy (non-hydrogen) atoms. The van der Waals surface area contributed by atoms with Crippen LogP contribution in [0.3, 0.4) is 0 Å². The molecule has 0 bridgehead atoms. The van der Waals surface area contributed by atoms with Gasteiger partial charge in [-0.3, -0.25) is 9.13 Å². The molecule has 2 aromatic rings. The molecule has 0 N–H and O–H groups in total. The number of hydrogen-bond donors (Lipinski definition) is 0. The van der Waals surface area contributed by atoms with Crippen molar-refractivity contribution < 1.29 is 0 Å². The fraction of sp³-hybridized carbons (Fsp3) is 0.182. The molecule has 78 valence electrons. The number of nitrogens with zero attached hydrogens (tertiary/aromatic N) is 2. The summed E-state index contributed by atoms with van der Waals surface area (Å²) in [5.41, 5.74) is 2.99. The fourth-order valence-electron chi connectivity index (χ4n) is 1.69. The van der Waals surface area contributed by atoms with Crippen LogP contribution in [0, 0.1) is 0 Å². The Morgan fingerprint density at radius 1 is 1.40 bits per heavy atom. The number of fused-ring (bicyclic) bond motifs is 1. The first-order chi connectivity index (χ1) is 7.16. The van der Waals surface area contributed by atoms with E-state index in [0.717, 1.165) is 16.7 Å². The summed E-state index contributed by atoms with van der Waals surface area (Å²) in [5, 5.41) is 0. The Labute approximate surface area is 95.8 Å². The van der Waals surface area contributed by atoms with Crippen LogP contribution in [-0.4, -0.2) is 9.13 Å². The zero-order valence-electron chi connectivity index (χ0n) is 8.40. The fourth-order valence-corrected chi connectivity index (χ4v) is 2.18. The third kappa shape index (κ3) is 1.45. The van der Waals surface area contributed by atoms with Crippen molar-refractivity contribution in [2.24, 2.45) is 0 Å². The second kappa shape index (κ2) is 3.70. The monoisotopic (exact) mass is 266 g/mol. The third-order valence-electron chi connectivity index (χ3n) is 2.34. The van der Waals surface area contributed by atoms with Crippen LogP contribution in [0.25, 0.3) is 16.7 Å². The SMILES string of the molecule is C=C(C)n1c(=O)n(CBr)c2ccccc21. The van der Waals surface area contributed by atoms with Gasteiger partial charge in [0.25, 0.3) is 0 Å². The molecule has 0 spiro atoms. The average Bonchev–Trinajstić information content (AvgIpc) is 2.49. The number of allylic oxidation sites excluding steroid dienone is 1. The lowest BCUT2D eigenvalue weighted by Gasteiger charge is -1.98. The Morgan fingerprint density at radius 3 is 2.53 bits per heavy atom. The molecule has 0 radical (unpaired) electrons. The molecule has 0 aliphatic heterocycles. The zero-order chi connectivity index (χ0) is 11.0. The molecule has 1 aromatic carbocycles. The van der Waals surface area contributed by atoms with Gasteiger partial charge in [0.1, 0.15) is 0 Å². The normalized spacial score (nSPS) is 10.8. The second-order valence-corrected chi connectivity index (χ2v) is 3.89. The van der Waals surface area contributed by atoms with E-state index in [4.69, 9.17) is 0 Å². The Kier molecular flexibility index (Phi) is 2.52. The molecule has 0 unspecified atom stereocenters. The molecule has 0 fully saturated rings. The lowest BCUT2D eigenvalue weighted by Crippen LogP contribution is -2.21. The van der Waals surface area contributed by atoms with E-state index < -0.39 is 0 Å². The maximum Gasteiger partial charge on any atom is 0.334 e. The lowest BCUT2D eigenvalue weighted by atomic mass is 10.3. The van der Waals surface area contributed by atoms with Gasteiger partial charge in [-0.25, -0.2) is 4.79 Å². The van der Waals surface area contributed by atoms with Crippen LogP contribution in [0.1, 0.15) is 6.92 Å². The maximum absolute atomic E-state index is 12.0. The van der Waals surface area contributed by atoms with Crippen LogP contribution in [0.2, 0.25) is 0 Å². The van der Waals surface area contributed by atoms with E-state index in [1.807, 2.05) is 31.2 Å². The summed E-state index contributed by atoms with van der Waals surface area (Å²) in [6, 6.07) is 7.69.